The molecule has 114 valence electrons. The van der Waals surface area contributed by atoms with Gasteiger partial charge in [0.2, 0.25) is 15.0 Å². The monoisotopic (exact) mass is 337 g/mol. The van der Waals surface area contributed by atoms with Crippen molar-refractivity contribution in [1.82, 2.24) is 19.7 Å². The molecule has 0 spiro atoms. The Morgan fingerprint density at radius 1 is 1.23 bits per heavy atom. The normalized spacial score (nSPS) is 12.0. The number of anilines is 1. The lowest BCUT2D eigenvalue weighted by Crippen LogP contribution is -2.06. The van der Waals surface area contributed by atoms with Crippen molar-refractivity contribution in [1.29, 1.82) is 0 Å². The third-order valence-corrected chi connectivity index (χ3v) is 4.35. The maximum Gasteiger partial charge on any atom is 0.249 e. The van der Waals surface area contributed by atoms with Crippen molar-refractivity contribution in [3.05, 3.63) is 29.3 Å². The molecule has 0 saturated heterocycles. The van der Waals surface area contributed by atoms with E-state index in [4.69, 9.17) is 17.3 Å². The number of halogens is 1. The maximum absolute atomic E-state index is 11.8. The molecule has 0 aliphatic heterocycles. The molecule has 0 saturated carbocycles. The molecule has 9 heteroatoms. The van der Waals surface area contributed by atoms with Gasteiger partial charge in [0.15, 0.2) is 5.65 Å². The number of aryl methyl sites for hydroxylation is 1. The summed E-state index contributed by atoms with van der Waals surface area (Å²) < 4.78 is 25.0. The van der Waals surface area contributed by atoms with Gasteiger partial charge in [-0.05, 0) is 6.07 Å². The Morgan fingerprint density at radius 2 is 1.91 bits per heavy atom. The number of sulfone groups is 1. The summed E-state index contributed by atoms with van der Waals surface area (Å²) in [6.07, 6.45) is 1.04. The van der Waals surface area contributed by atoms with Gasteiger partial charge in [0, 0.05) is 23.9 Å². The number of hydrogen-bond donors (Lipinski definition) is 1. The van der Waals surface area contributed by atoms with Gasteiger partial charge in [0.1, 0.15) is 5.82 Å². The molecule has 0 amide bonds. The zero-order chi connectivity index (χ0) is 16.1. The van der Waals surface area contributed by atoms with E-state index < -0.39 is 9.84 Å². The van der Waals surface area contributed by atoms with Crippen LogP contribution in [-0.2, 0) is 16.9 Å². The maximum atomic E-state index is 11.8. The van der Waals surface area contributed by atoms with Crippen molar-refractivity contribution >= 4 is 38.3 Å². The second-order valence-corrected chi connectivity index (χ2v) is 7.13. The van der Waals surface area contributed by atoms with E-state index in [9.17, 15) is 8.42 Å². The smallest absolute Gasteiger partial charge is 0.249 e. The summed E-state index contributed by atoms with van der Waals surface area (Å²) in [6.45, 7) is 0. The van der Waals surface area contributed by atoms with Gasteiger partial charge in [-0.15, -0.1) is 0 Å². The minimum Gasteiger partial charge on any atom is -0.383 e. The van der Waals surface area contributed by atoms with Crippen molar-refractivity contribution in [3.63, 3.8) is 0 Å². The highest BCUT2D eigenvalue weighted by Crippen LogP contribution is 2.34. The Bertz CT molecular complexity index is 997. The molecule has 0 aliphatic carbocycles. The van der Waals surface area contributed by atoms with Gasteiger partial charge in [0.05, 0.1) is 11.1 Å². The van der Waals surface area contributed by atoms with E-state index in [1.54, 1.807) is 31.3 Å². The van der Waals surface area contributed by atoms with E-state index in [0.717, 1.165) is 6.26 Å². The molecule has 0 fully saturated rings. The van der Waals surface area contributed by atoms with Crippen molar-refractivity contribution in [2.24, 2.45) is 7.05 Å². The van der Waals surface area contributed by atoms with Crippen LogP contribution in [0.5, 0.6) is 0 Å². The van der Waals surface area contributed by atoms with Crippen molar-refractivity contribution in [2.75, 3.05) is 12.0 Å². The molecule has 7 nitrogen and oxygen atoms in total. The summed E-state index contributed by atoms with van der Waals surface area (Å²) >= 11 is 6.21. The standard InChI is InChI=1S/C13H12ClN5O2S/c1-19-11(15)9-10(7-5-3-4-6-8(7)14)16-13(22(2,20)21)17-12(9)18-19/h3-6H,15H2,1-2H3. The van der Waals surface area contributed by atoms with E-state index in [2.05, 4.69) is 15.1 Å². The van der Waals surface area contributed by atoms with E-state index >= 15 is 0 Å². The fourth-order valence-corrected chi connectivity index (χ4v) is 2.84. The van der Waals surface area contributed by atoms with Crippen LogP contribution in [-0.4, -0.2) is 34.4 Å². The average Bonchev–Trinajstić information content (AvgIpc) is 2.73. The predicted molar refractivity (Wildman–Crippen MR) is 84.3 cm³/mol. The first-order valence-electron chi connectivity index (χ1n) is 6.24. The molecule has 2 aromatic heterocycles. The minimum atomic E-state index is -3.60. The van der Waals surface area contributed by atoms with Crippen LogP contribution >= 0.6 is 11.6 Å². The third-order valence-electron chi connectivity index (χ3n) is 3.18. The summed E-state index contributed by atoms with van der Waals surface area (Å²) in [4.78, 5) is 8.15. The number of hydrogen-bond acceptors (Lipinski definition) is 6. The fraction of sp³-hybridized carbons (Fsp3) is 0.154. The SMILES string of the molecule is Cn1nc2nc(S(C)(=O)=O)nc(-c3ccccc3Cl)c2c1N. The van der Waals surface area contributed by atoms with Gasteiger partial charge in [0.25, 0.3) is 0 Å². The van der Waals surface area contributed by atoms with Crippen LogP contribution in [0.2, 0.25) is 5.02 Å². The molecule has 1 aromatic carbocycles. The largest absolute Gasteiger partial charge is 0.383 e. The first-order chi connectivity index (χ1) is 10.3. The molecular formula is C13H12ClN5O2S. The molecule has 2 N–H and O–H groups in total. The van der Waals surface area contributed by atoms with E-state index in [0.29, 0.717) is 27.5 Å². The van der Waals surface area contributed by atoms with E-state index in [1.165, 1.54) is 4.68 Å². The molecule has 2 heterocycles. The quantitative estimate of drug-likeness (QED) is 0.713. The number of rotatable bonds is 2. The predicted octanol–water partition coefficient (Wildman–Crippen LogP) is 1.67. The average molecular weight is 338 g/mol. The Balaban J connectivity index is 2.48. The number of fused-ring (bicyclic) bond motifs is 1. The Morgan fingerprint density at radius 3 is 2.55 bits per heavy atom. The second kappa shape index (κ2) is 4.92. The lowest BCUT2D eigenvalue weighted by molar-refractivity contribution is 0.593. The number of nitrogens with two attached hydrogens (primary N) is 1. The summed E-state index contributed by atoms with van der Waals surface area (Å²) in [5.74, 6) is 0.338. The molecular weight excluding hydrogens is 326 g/mol. The summed E-state index contributed by atoms with van der Waals surface area (Å²) in [5.41, 5.74) is 7.15. The number of aromatic nitrogens is 4. The van der Waals surface area contributed by atoms with Crippen LogP contribution < -0.4 is 5.73 Å². The lowest BCUT2D eigenvalue weighted by Gasteiger charge is -2.07. The van der Waals surface area contributed by atoms with Gasteiger partial charge in [-0.25, -0.2) is 13.4 Å². The van der Waals surface area contributed by atoms with Crippen molar-refractivity contribution in [2.45, 2.75) is 5.16 Å². The van der Waals surface area contributed by atoms with Crippen LogP contribution in [0.3, 0.4) is 0 Å². The van der Waals surface area contributed by atoms with Gasteiger partial charge in [-0.2, -0.15) is 10.1 Å². The van der Waals surface area contributed by atoms with Gasteiger partial charge in [-0.3, -0.25) is 4.68 Å². The zero-order valence-electron chi connectivity index (χ0n) is 11.8. The number of nitrogens with zero attached hydrogens (tertiary/aromatic N) is 4. The van der Waals surface area contributed by atoms with Crippen molar-refractivity contribution < 1.29 is 8.42 Å². The molecule has 3 rings (SSSR count). The minimum absolute atomic E-state index is 0.213. The molecule has 0 bridgehead atoms. The van der Waals surface area contributed by atoms with E-state index in [-0.39, 0.29) is 10.8 Å². The highest BCUT2D eigenvalue weighted by Gasteiger charge is 2.22. The molecule has 0 radical (unpaired) electrons. The molecule has 3 aromatic rings. The van der Waals surface area contributed by atoms with Gasteiger partial charge < -0.3 is 5.73 Å². The first-order valence-corrected chi connectivity index (χ1v) is 8.51. The summed E-state index contributed by atoms with van der Waals surface area (Å²) in [5, 5.41) is 4.73. The molecule has 0 atom stereocenters. The lowest BCUT2D eigenvalue weighted by atomic mass is 10.1. The highest BCUT2D eigenvalue weighted by atomic mass is 35.5. The summed E-state index contributed by atoms with van der Waals surface area (Å²) in [6, 6.07) is 6.98. The topological polar surface area (TPSA) is 104 Å². The van der Waals surface area contributed by atoms with Crippen molar-refractivity contribution in [3.8, 4) is 11.3 Å². The third kappa shape index (κ3) is 2.30. The Labute approximate surface area is 131 Å². The molecule has 0 aliphatic rings. The molecule has 0 unspecified atom stereocenters. The highest BCUT2D eigenvalue weighted by molar-refractivity contribution is 7.90. The zero-order valence-corrected chi connectivity index (χ0v) is 13.4. The summed E-state index contributed by atoms with van der Waals surface area (Å²) in [7, 11) is -1.95. The van der Waals surface area contributed by atoms with Gasteiger partial charge in [-0.1, -0.05) is 29.8 Å². The van der Waals surface area contributed by atoms with Crippen LogP contribution in [0.15, 0.2) is 29.4 Å². The number of benzene rings is 1. The first kappa shape index (κ1) is 14.7. The fourth-order valence-electron chi connectivity index (χ4n) is 2.11. The van der Waals surface area contributed by atoms with Crippen LogP contribution in [0.1, 0.15) is 0 Å². The van der Waals surface area contributed by atoms with Crippen LogP contribution in [0.4, 0.5) is 5.82 Å². The Hall–Kier alpha value is -2.19. The van der Waals surface area contributed by atoms with E-state index in [1.807, 2.05) is 0 Å². The molecule has 22 heavy (non-hydrogen) atoms. The van der Waals surface area contributed by atoms with Gasteiger partial charge >= 0.3 is 0 Å². The Kier molecular flexibility index (Phi) is 3.30. The van der Waals surface area contributed by atoms with Crippen LogP contribution in [0.25, 0.3) is 22.3 Å². The van der Waals surface area contributed by atoms with Crippen LogP contribution in [0, 0.1) is 0 Å². The second-order valence-electron chi connectivity index (χ2n) is 4.81. The number of nitrogen functional groups attached to an aromatic ring is 1.